The highest BCUT2D eigenvalue weighted by Gasteiger charge is 2.17. The van der Waals surface area contributed by atoms with E-state index in [1.165, 1.54) is 12.1 Å². The third-order valence-electron chi connectivity index (χ3n) is 4.50. The van der Waals surface area contributed by atoms with Gasteiger partial charge in [0.05, 0.1) is 11.4 Å². The first-order chi connectivity index (χ1) is 12.0. The second kappa shape index (κ2) is 7.53. The third-order valence-corrected chi connectivity index (χ3v) is 4.50. The van der Waals surface area contributed by atoms with Crippen molar-refractivity contribution in [2.75, 3.05) is 43.9 Å². The Labute approximate surface area is 147 Å². The van der Waals surface area contributed by atoms with Crippen molar-refractivity contribution in [1.29, 1.82) is 0 Å². The standard InChI is InChI=1S/C19H23FN4O/c1-23-8-10-24(11-9-23)18-7-4-15(12-17(18)21)19(25)22-13-14-2-5-16(20)6-3-14/h2-7,12H,8-11,13,21H2,1H3,(H,22,25). The molecule has 0 aliphatic carbocycles. The van der Waals surface area contributed by atoms with Crippen molar-refractivity contribution in [3.63, 3.8) is 0 Å². The molecule has 0 spiro atoms. The molecule has 0 radical (unpaired) electrons. The van der Waals surface area contributed by atoms with Gasteiger partial charge in [0.1, 0.15) is 5.82 Å². The Morgan fingerprint density at radius 2 is 1.80 bits per heavy atom. The average Bonchev–Trinajstić information content (AvgIpc) is 2.62. The molecule has 6 heteroatoms. The second-order valence-electron chi connectivity index (χ2n) is 6.37. The van der Waals surface area contributed by atoms with E-state index in [-0.39, 0.29) is 11.7 Å². The largest absolute Gasteiger partial charge is 0.397 e. The van der Waals surface area contributed by atoms with Crippen LogP contribution in [0.25, 0.3) is 0 Å². The number of nitrogens with zero attached hydrogens (tertiary/aromatic N) is 2. The molecule has 0 unspecified atom stereocenters. The summed E-state index contributed by atoms with van der Waals surface area (Å²) in [7, 11) is 2.11. The molecular weight excluding hydrogens is 319 g/mol. The number of nitrogens with two attached hydrogens (primary N) is 1. The monoisotopic (exact) mass is 342 g/mol. The van der Waals surface area contributed by atoms with Crippen LogP contribution in [-0.2, 0) is 6.54 Å². The molecule has 1 aliphatic heterocycles. The summed E-state index contributed by atoms with van der Waals surface area (Å²) in [6.07, 6.45) is 0. The van der Waals surface area contributed by atoms with Crippen LogP contribution in [0.3, 0.4) is 0 Å². The van der Waals surface area contributed by atoms with Crippen LogP contribution in [0.2, 0.25) is 0 Å². The zero-order valence-electron chi connectivity index (χ0n) is 14.3. The van der Waals surface area contributed by atoms with Crippen molar-refractivity contribution < 1.29 is 9.18 Å². The summed E-state index contributed by atoms with van der Waals surface area (Å²) in [5.41, 5.74) is 9.13. The summed E-state index contributed by atoms with van der Waals surface area (Å²) in [4.78, 5) is 16.8. The van der Waals surface area contributed by atoms with Gasteiger partial charge >= 0.3 is 0 Å². The molecule has 1 saturated heterocycles. The number of piperazine rings is 1. The highest BCUT2D eigenvalue weighted by Crippen LogP contribution is 2.25. The first kappa shape index (κ1) is 17.2. The average molecular weight is 342 g/mol. The molecular formula is C19H23FN4O. The predicted molar refractivity (Wildman–Crippen MR) is 98.1 cm³/mol. The van der Waals surface area contributed by atoms with E-state index in [0.717, 1.165) is 37.4 Å². The van der Waals surface area contributed by atoms with Gasteiger partial charge in [-0.05, 0) is 42.9 Å². The van der Waals surface area contributed by atoms with Crippen LogP contribution >= 0.6 is 0 Å². The molecule has 1 heterocycles. The van der Waals surface area contributed by atoms with E-state index >= 15 is 0 Å². The van der Waals surface area contributed by atoms with Crippen molar-refractivity contribution in [2.45, 2.75) is 6.54 Å². The van der Waals surface area contributed by atoms with Crippen LogP contribution in [0, 0.1) is 5.82 Å². The zero-order valence-corrected chi connectivity index (χ0v) is 14.3. The van der Waals surface area contributed by atoms with Crippen LogP contribution in [0.15, 0.2) is 42.5 Å². The number of rotatable bonds is 4. The fourth-order valence-electron chi connectivity index (χ4n) is 2.92. The molecule has 25 heavy (non-hydrogen) atoms. The molecule has 2 aromatic carbocycles. The topological polar surface area (TPSA) is 61.6 Å². The Morgan fingerprint density at radius 3 is 2.44 bits per heavy atom. The van der Waals surface area contributed by atoms with E-state index in [9.17, 15) is 9.18 Å². The summed E-state index contributed by atoms with van der Waals surface area (Å²) in [5, 5.41) is 2.83. The number of anilines is 2. The number of nitrogens with one attached hydrogen (secondary N) is 1. The van der Waals surface area contributed by atoms with Crippen molar-refractivity contribution in [2.24, 2.45) is 0 Å². The number of amides is 1. The molecule has 1 amide bonds. The van der Waals surface area contributed by atoms with Crippen LogP contribution in [0.4, 0.5) is 15.8 Å². The lowest BCUT2D eigenvalue weighted by Crippen LogP contribution is -2.44. The van der Waals surface area contributed by atoms with Gasteiger partial charge in [-0.25, -0.2) is 4.39 Å². The number of halogens is 1. The molecule has 0 saturated carbocycles. The minimum absolute atomic E-state index is 0.194. The maximum Gasteiger partial charge on any atom is 0.251 e. The van der Waals surface area contributed by atoms with Gasteiger partial charge in [0.2, 0.25) is 0 Å². The first-order valence-corrected chi connectivity index (χ1v) is 8.38. The zero-order chi connectivity index (χ0) is 17.8. The molecule has 1 aliphatic rings. The Hall–Kier alpha value is -2.60. The van der Waals surface area contributed by atoms with Gasteiger partial charge in [-0.3, -0.25) is 4.79 Å². The summed E-state index contributed by atoms with van der Waals surface area (Å²) in [6.45, 7) is 4.20. The second-order valence-corrected chi connectivity index (χ2v) is 6.37. The lowest BCUT2D eigenvalue weighted by Gasteiger charge is -2.34. The number of hydrogen-bond acceptors (Lipinski definition) is 4. The lowest BCUT2D eigenvalue weighted by molar-refractivity contribution is 0.0951. The van der Waals surface area contributed by atoms with E-state index in [1.807, 2.05) is 6.07 Å². The lowest BCUT2D eigenvalue weighted by atomic mass is 10.1. The van der Waals surface area contributed by atoms with Crippen LogP contribution in [0.1, 0.15) is 15.9 Å². The maximum absolute atomic E-state index is 12.9. The van der Waals surface area contributed by atoms with Crippen molar-refractivity contribution in [3.8, 4) is 0 Å². The molecule has 5 nitrogen and oxygen atoms in total. The fraction of sp³-hybridized carbons (Fsp3) is 0.316. The molecule has 2 aromatic rings. The van der Waals surface area contributed by atoms with Crippen molar-refractivity contribution in [3.05, 3.63) is 59.4 Å². The third kappa shape index (κ3) is 4.28. The van der Waals surface area contributed by atoms with Gasteiger partial charge < -0.3 is 20.9 Å². The summed E-state index contributed by atoms with van der Waals surface area (Å²) in [6, 6.07) is 11.5. The van der Waals surface area contributed by atoms with Gasteiger partial charge in [-0.15, -0.1) is 0 Å². The molecule has 0 bridgehead atoms. The number of hydrogen-bond donors (Lipinski definition) is 2. The van der Waals surface area contributed by atoms with Crippen molar-refractivity contribution >= 4 is 17.3 Å². The van der Waals surface area contributed by atoms with Crippen molar-refractivity contribution in [1.82, 2.24) is 10.2 Å². The predicted octanol–water partition coefficient (Wildman–Crippen LogP) is 2.09. The first-order valence-electron chi connectivity index (χ1n) is 8.38. The number of carbonyl (C=O) groups is 1. The molecule has 0 atom stereocenters. The minimum Gasteiger partial charge on any atom is -0.397 e. The van der Waals surface area contributed by atoms with Gasteiger partial charge in [-0.1, -0.05) is 12.1 Å². The van der Waals surface area contributed by atoms with E-state index < -0.39 is 0 Å². The minimum atomic E-state index is -0.289. The number of benzene rings is 2. The highest BCUT2D eigenvalue weighted by molar-refractivity contribution is 5.96. The SMILES string of the molecule is CN1CCN(c2ccc(C(=O)NCc3ccc(F)cc3)cc2N)CC1. The van der Waals surface area contributed by atoms with E-state index in [4.69, 9.17) is 5.73 Å². The summed E-state index contributed by atoms with van der Waals surface area (Å²) in [5.74, 6) is -0.483. The number of carbonyl (C=O) groups excluding carboxylic acids is 1. The summed E-state index contributed by atoms with van der Waals surface area (Å²) < 4.78 is 12.9. The number of likely N-dealkylation sites (N-methyl/N-ethyl adjacent to an activating group) is 1. The van der Waals surface area contributed by atoms with E-state index in [0.29, 0.717) is 17.8 Å². The van der Waals surface area contributed by atoms with E-state index in [2.05, 4.69) is 22.2 Å². The van der Waals surface area contributed by atoms with Gasteiger partial charge in [0, 0.05) is 38.3 Å². The molecule has 132 valence electrons. The Balaban J connectivity index is 1.63. The van der Waals surface area contributed by atoms with Gasteiger partial charge in [-0.2, -0.15) is 0 Å². The number of nitrogen functional groups attached to an aromatic ring is 1. The van der Waals surface area contributed by atoms with E-state index in [1.54, 1.807) is 24.3 Å². The highest BCUT2D eigenvalue weighted by atomic mass is 19.1. The van der Waals surface area contributed by atoms with Crippen LogP contribution < -0.4 is 16.0 Å². The van der Waals surface area contributed by atoms with Gasteiger partial charge in [0.15, 0.2) is 0 Å². The van der Waals surface area contributed by atoms with Crippen LogP contribution in [-0.4, -0.2) is 44.0 Å². The Kier molecular flexibility index (Phi) is 5.19. The Bertz CT molecular complexity index is 740. The van der Waals surface area contributed by atoms with Crippen LogP contribution in [0.5, 0.6) is 0 Å². The van der Waals surface area contributed by atoms with Gasteiger partial charge in [0.25, 0.3) is 5.91 Å². The Morgan fingerprint density at radius 1 is 1.12 bits per heavy atom. The quantitative estimate of drug-likeness (QED) is 0.836. The maximum atomic E-state index is 12.9. The molecule has 1 fully saturated rings. The smallest absolute Gasteiger partial charge is 0.251 e. The normalized spacial score (nSPS) is 15.2. The molecule has 3 rings (SSSR count). The molecule has 3 N–H and O–H groups in total. The molecule has 0 aromatic heterocycles. The summed E-state index contributed by atoms with van der Waals surface area (Å²) >= 11 is 0. The fourth-order valence-corrected chi connectivity index (χ4v) is 2.92.